The number of nitrogens with one attached hydrogen (secondary N) is 1. The number of anilines is 1. The van der Waals surface area contributed by atoms with E-state index in [1.54, 1.807) is 23.0 Å². The molecule has 0 radical (unpaired) electrons. The average Bonchev–Trinajstić information content (AvgIpc) is 2.79. The third-order valence-electron chi connectivity index (χ3n) is 5.60. The minimum Gasteiger partial charge on any atom is -0.375 e. The lowest BCUT2D eigenvalue weighted by molar-refractivity contribution is 0.778. The van der Waals surface area contributed by atoms with Crippen molar-refractivity contribution in [2.75, 3.05) is 5.32 Å². The molecule has 158 valence electrons. The van der Waals surface area contributed by atoms with Gasteiger partial charge in [0.2, 0.25) is 0 Å². The molecule has 0 amide bonds. The first-order valence-corrected chi connectivity index (χ1v) is 10.8. The summed E-state index contributed by atoms with van der Waals surface area (Å²) in [5.41, 5.74) is 5.03. The molecule has 5 rings (SSSR count). The van der Waals surface area contributed by atoms with Crippen molar-refractivity contribution in [3.63, 3.8) is 0 Å². The first-order chi connectivity index (χ1) is 15.5. The van der Waals surface area contributed by atoms with Gasteiger partial charge in [-0.05, 0) is 67.3 Å². The fraction of sp³-hybridized carbons (Fsp3) is 0.115. The molecule has 0 aliphatic carbocycles. The second-order valence-electron chi connectivity index (χ2n) is 7.85. The number of benzene rings is 2. The Balaban J connectivity index is 1.72. The molecule has 1 N–H and O–H groups in total. The first-order valence-electron chi connectivity index (χ1n) is 10.4. The Morgan fingerprint density at radius 2 is 1.81 bits per heavy atom. The van der Waals surface area contributed by atoms with Crippen LogP contribution in [-0.2, 0) is 0 Å². The molecular formula is C26H21ClN4O. The molecule has 2 aromatic carbocycles. The van der Waals surface area contributed by atoms with E-state index in [9.17, 15) is 4.79 Å². The van der Waals surface area contributed by atoms with Crippen molar-refractivity contribution in [3.05, 3.63) is 106 Å². The summed E-state index contributed by atoms with van der Waals surface area (Å²) >= 11 is 6.44. The molecule has 0 unspecified atom stereocenters. The van der Waals surface area contributed by atoms with E-state index >= 15 is 0 Å². The van der Waals surface area contributed by atoms with Gasteiger partial charge in [0.25, 0.3) is 5.56 Å². The molecule has 3 aromatic heterocycles. The normalized spacial score (nSPS) is 12.2. The molecule has 0 spiro atoms. The third kappa shape index (κ3) is 3.51. The quantitative estimate of drug-likeness (QED) is 0.368. The lowest BCUT2D eigenvalue weighted by Crippen LogP contribution is -2.25. The van der Waals surface area contributed by atoms with E-state index in [-0.39, 0.29) is 11.6 Å². The Bertz CT molecular complexity index is 1520. The van der Waals surface area contributed by atoms with Gasteiger partial charge >= 0.3 is 0 Å². The average molecular weight is 441 g/mol. The van der Waals surface area contributed by atoms with Gasteiger partial charge in [0, 0.05) is 23.8 Å². The Labute approximate surface area is 190 Å². The SMILES string of the molecule is Cc1cccc(-n2c([C@H](C)Nc3ccnc4cccnc34)cc3cccc(Cl)c3c2=O)c1. The maximum atomic E-state index is 13.7. The number of nitrogens with zero attached hydrogens (tertiary/aromatic N) is 3. The van der Waals surface area contributed by atoms with E-state index in [0.717, 1.165) is 39.1 Å². The zero-order chi connectivity index (χ0) is 22.2. The summed E-state index contributed by atoms with van der Waals surface area (Å²) in [5.74, 6) is 0. The van der Waals surface area contributed by atoms with Crippen molar-refractivity contribution in [1.82, 2.24) is 14.5 Å². The first kappa shape index (κ1) is 20.2. The maximum Gasteiger partial charge on any atom is 0.264 e. The second kappa shape index (κ2) is 8.09. The number of aromatic nitrogens is 3. The Morgan fingerprint density at radius 1 is 0.969 bits per heavy atom. The van der Waals surface area contributed by atoms with Crippen LogP contribution in [0.25, 0.3) is 27.5 Å². The summed E-state index contributed by atoms with van der Waals surface area (Å²) in [5, 5.41) is 5.32. The highest BCUT2D eigenvalue weighted by atomic mass is 35.5. The van der Waals surface area contributed by atoms with Crippen LogP contribution in [0.15, 0.2) is 83.9 Å². The zero-order valence-electron chi connectivity index (χ0n) is 17.7. The summed E-state index contributed by atoms with van der Waals surface area (Å²) in [7, 11) is 0. The van der Waals surface area contributed by atoms with Gasteiger partial charge in [0.05, 0.1) is 27.7 Å². The molecule has 0 aliphatic rings. The number of halogens is 1. The van der Waals surface area contributed by atoms with Gasteiger partial charge in [-0.15, -0.1) is 0 Å². The summed E-state index contributed by atoms with van der Waals surface area (Å²) in [6.45, 7) is 4.05. The van der Waals surface area contributed by atoms with E-state index in [2.05, 4.69) is 15.3 Å². The highest BCUT2D eigenvalue weighted by Gasteiger charge is 2.18. The van der Waals surface area contributed by atoms with Crippen molar-refractivity contribution in [2.24, 2.45) is 0 Å². The van der Waals surface area contributed by atoms with Gasteiger partial charge in [0.1, 0.15) is 5.52 Å². The number of rotatable bonds is 4. The Hall–Kier alpha value is -3.70. The van der Waals surface area contributed by atoms with E-state index < -0.39 is 0 Å². The molecule has 0 bridgehead atoms. The number of hydrogen-bond acceptors (Lipinski definition) is 4. The minimum absolute atomic E-state index is 0.139. The van der Waals surface area contributed by atoms with Gasteiger partial charge < -0.3 is 5.32 Å². The summed E-state index contributed by atoms with van der Waals surface area (Å²) < 4.78 is 1.75. The van der Waals surface area contributed by atoms with Crippen molar-refractivity contribution in [2.45, 2.75) is 19.9 Å². The molecule has 3 heterocycles. The smallest absolute Gasteiger partial charge is 0.264 e. The van der Waals surface area contributed by atoms with Gasteiger partial charge in [-0.1, -0.05) is 35.9 Å². The van der Waals surface area contributed by atoms with E-state index in [4.69, 9.17) is 11.6 Å². The van der Waals surface area contributed by atoms with E-state index in [0.29, 0.717) is 10.4 Å². The molecule has 0 saturated carbocycles. The fourth-order valence-corrected chi connectivity index (χ4v) is 4.36. The maximum absolute atomic E-state index is 13.7. The van der Waals surface area contributed by atoms with E-state index in [1.165, 1.54) is 0 Å². The molecular weight excluding hydrogens is 420 g/mol. The molecule has 1 atom stereocenters. The topological polar surface area (TPSA) is 59.8 Å². The largest absolute Gasteiger partial charge is 0.375 e. The van der Waals surface area contributed by atoms with Crippen LogP contribution in [0.1, 0.15) is 24.2 Å². The number of fused-ring (bicyclic) bond motifs is 2. The Morgan fingerprint density at radius 3 is 2.66 bits per heavy atom. The fourth-order valence-electron chi connectivity index (χ4n) is 4.09. The highest BCUT2D eigenvalue weighted by molar-refractivity contribution is 6.35. The van der Waals surface area contributed by atoms with Crippen LogP contribution in [0.3, 0.4) is 0 Å². The van der Waals surface area contributed by atoms with Crippen LogP contribution in [-0.4, -0.2) is 14.5 Å². The molecule has 32 heavy (non-hydrogen) atoms. The van der Waals surface area contributed by atoms with Gasteiger partial charge in [-0.25, -0.2) is 0 Å². The predicted octanol–water partition coefficient (Wildman–Crippen LogP) is 6.07. The number of aryl methyl sites for hydroxylation is 1. The van der Waals surface area contributed by atoms with Crippen molar-refractivity contribution in [1.29, 1.82) is 0 Å². The van der Waals surface area contributed by atoms with Crippen LogP contribution >= 0.6 is 11.6 Å². The second-order valence-corrected chi connectivity index (χ2v) is 8.26. The molecule has 0 saturated heterocycles. The number of pyridine rings is 3. The monoisotopic (exact) mass is 440 g/mol. The van der Waals surface area contributed by atoms with Crippen molar-refractivity contribution >= 4 is 39.1 Å². The van der Waals surface area contributed by atoms with Crippen LogP contribution in [0.4, 0.5) is 5.69 Å². The van der Waals surface area contributed by atoms with Crippen LogP contribution in [0.5, 0.6) is 0 Å². The molecule has 5 aromatic rings. The minimum atomic E-state index is -0.195. The lowest BCUT2D eigenvalue weighted by atomic mass is 10.1. The highest BCUT2D eigenvalue weighted by Crippen LogP contribution is 2.29. The van der Waals surface area contributed by atoms with Crippen molar-refractivity contribution in [3.8, 4) is 5.69 Å². The van der Waals surface area contributed by atoms with E-state index in [1.807, 2.05) is 74.5 Å². The van der Waals surface area contributed by atoms with Gasteiger partial charge in [-0.2, -0.15) is 0 Å². The molecule has 5 nitrogen and oxygen atoms in total. The van der Waals surface area contributed by atoms with Crippen LogP contribution < -0.4 is 10.9 Å². The molecule has 0 aliphatic heterocycles. The van der Waals surface area contributed by atoms with Gasteiger partial charge in [0.15, 0.2) is 0 Å². The van der Waals surface area contributed by atoms with Crippen molar-refractivity contribution < 1.29 is 0 Å². The summed E-state index contributed by atoms with van der Waals surface area (Å²) in [6.07, 6.45) is 3.51. The van der Waals surface area contributed by atoms with Gasteiger partial charge in [-0.3, -0.25) is 19.3 Å². The lowest BCUT2D eigenvalue weighted by Gasteiger charge is -2.22. The summed E-state index contributed by atoms with van der Waals surface area (Å²) in [6, 6.07) is 21.0. The molecule has 0 fully saturated rings. The third-order valence-corrected chi connectivity index (χ3v) is 5.91. The standard InChI is InChI=1S/C26H21ClN4O/c1-16-6-3-8-19(14-16)31-23(15-18-7-4-9-20(27)24(18)26(31)32)17(2)30-22-11-13-28-21-10-5-12-29-25(21)22/h3-15,17H,1-2H3,(H,28,30)/t17-/m0/s1. The van der Waals surface area contributed by atoms with Crippen LogP contribution in [0.2, 0.25) is 5.02 Å². The predicted molar refractivity (Wildman–Crippen MR) is 131 cm³/mol. The number of hydrogen-bond donors (Lipinski definition) is 1. The summed E-state index contributed by atoms with van der Waals surface area (Å²) in [4.78, 5) is 22.6. The zero-order valence-corrected chi connectivity index (χ0v) is 18.5. The Kier molecular flexibility index (Phi) is 5.11. The molecule has 6 heteroatoms. The van der Waals surface area contributed by atoms with Crippen LogP contribution in [0, 0.1) is 6.92 Å².